The molecule has 1 aromatic rings. The fourth-order valence-electron chi connectivity index (χ4n) is 1.20. The Morgan fingerprint density at radius 1 is 1.33 bits per heavy atom. The number of rotatable bonds is 4. The number of hydrogen-bond acceptors (Lipinski definition) is 2. The molecule has 0 amide bonds. The minimum absolute atomic E-state index is 0.332. The van der Waals surface area contributed by atoms with Gasteiger partial charge in [-0.3, -0.25) is 9.69 Å². The van der Waals surface area contributed by atoms with Crippen LogP contribution in [-0.2, 0) is 11.3 Å². The van der Waals surface area contributed by atoms with Gasteiger partial charge in [0.2, 0.25) is 5.24 Å². The van der Waals surface area contributed by atoms with Gasteiger partial charge < -0.3 is 0 Å². The van der Waals surface area contributed by atoms with Gasteiger partial charge in [-0.15, -0.1) is 0 Å². The van der Waals surface area contributed by atoms with Crippen LogP contribution in [-0.4, -0.2) is 22.7 Å². The summed E-state index contributed by atoms with van der Waals surface area (Å²) in [7, 11) is 1.90. The Morgan fingerprint density at radius 2 is 1.87 bits per heavy atom. The van der Waals surface area contributed by atoms with E-state index in [1.807, 2.05) is 56.1 Å². The third-order valence-electron chi connectivity index (χ3n) is 2.70. The van der Waals surface area contributed by atoms with Crippen molar-refractivity contribution in [3.05, 3.63) is 35.9 Å². The summed E-state index contributed by atoms with van der Waals surface area (Å²) in [5.41, 5.74) is 0.545. The molecule has 0 saturated heterocycles. The van der Waals surface area contributed by atoms with Crippen molar-refractivity contribution >= 4 is 16.8 Å². The molecule has 0 aromatic heterocycles. The van der Waals surface area contributed by atoms with Crippen molar-refractivity contribution in [1.82, 2.24) is 4.90 Å². The van der Waals surface area contributed by atoms with Crippen molar-refractivity contribution in [2.45, 2.75) is 25.9 Å². The van der Waals surface area contributed by atoms with E-state index in [0.29, 0.717) is 6.54 Å². The van der Waals surface area contributed by atoms with Crippen LogP contribution in [0.1, 0.15) is 19.4 Å². The van der Waals surface area contributed by atoms with Crippen molar-refractivity contribution < 1.29 is 4.79 Å². The van der Waals surface area contributed by atoms with E-state index in [2.05, 4.69) is 0 Å². The number of likely N-dealkylation sites (N-methyl/N-ethyl adjacent to an activating group) is 1. The lowest BCUT2D eigenvalue weighted by Gasteiger charge is -2.32. The number of carbonyl (C=O) groups is 1. The second kappa shape index (κ2) is 4.77. The summed E-state index contributed by atoms with van der Waals surface area (Å²) in [5, 5.41) is -0.332. The van der Waals surface area contributed by atoms with Gasteiger partial charge in [0, 0.05) is 6.54 Å². The standard InChI is InChI=1S/C12H16ClNO/c1-12(2,11(13)15)14(3)9-10-7-5-4-6-8-10/h4-8H,9H2,1-3H3. The number of nitrogens with zero attached hydrogens (tertiary/aromatic N) is 1. The largest absolute Gasteiger partial charge is 0.289 e. The van der Waals surface area contributed by atoms with Gasteiger partial charge >= 0.3 is 0 Å². The second-order valence-electron chi connectivity index (χ2n) is 4.17. The average molecular weight is 226 g/mol. The molecule has 0 aliphatic heterocycles. The smallest absolute Gasteiger partial charge is 0.241 e. The molecular formula is C12H16ClNO. The molecule has 1 rings (SSSR count). The lowest BCUT2D eigenvalue weighted by Crippen LogP contribution is -2.45. The Kier molecular flexibility index (Phi) is 3.89. The van der Waals surface area contributed by atoms with Crippen LogP contribution in [0.4, 0.5) is 0 Å². The van der Waals surface area contributed by atoms with Gasteiger partial charge in [-0.25, -0.2) is 0 Å². The lowest BCUT2D eigenvalue weighted by atomic mass is 10.0. The second-order valence-corrected chi connectivity index (χ2v) is 4.52. The van der Waals surface area contributed by atoms with Crippen LogP contribution in [0.2, 0.25) is 0 Å². The molecule has 0 saturated carbocycles. The number of benzene rings is 1. The summed E-state index contributed by atoms with van der Waals surface area (Å²) in [5.74, 6) is 0. The maximum atomic E-state index is 11.2. The van der Waals surface area contributed by atoms with Gasteiger partial charge in [-0.05, 0) is 38.1 Å². The topological polar surface area (TPSA) is 20.3 Å². The average Bonchev–Trinajstić information content (AvgIpc) is 2.18. The molecule has 0 aliphatic rings. The molecule has 3 heteroatoms. The highest BCUT2D eigenvalue weighted by Gasteiger charge is 2.30. The Labute approximate surface area is 95.8 Å². The lowest BCUT2D eigenvalue weighted by molar-refractivity contribution is -0.120. The fraction of sp³-hybridized carbons (Fsp3) is 0.417. The maximum Gasteiger partial charge on any atom is 0.241 e. The molecule has 15 heavy (non-hydrogen) atoms. The summed E-state index contributed by atoms with van der Waals surface area (Å²) in [6, 6.07) is 10.0. The van der Waals surface area contributed by atoms with E-state index < -0.39 is 5.54 Å². The van der Waals surface area contributed by atoms with Crippen LogP contribution < -0.4 is 0 Å². The van der Waals surface area contributed by atoms with E-state index in [4.69, 9.17) is 11.6 Å². The number of carbonyl (C=O) groups excluding carboxylic acids is 1. The number of hydrogen-bond donors (Lipinski definition) is 0. The molecular weight excluding hydrogens is 210 g/mol. The van der Waals surface area contributed by atoms with Crippen molar-refractivity contribution in [3.8, 4) is 0 Å². The zero-order chi connectivity index (χ0) is 11.5. The SMILES string of the molecule is CN(Cc1ccccc1)C(C)(C)C(=O)Cl. The van der Waals surface area contributed by atoms with Gasteiger partial charge in [0.05, 0.1) is 5.54 Å². The summed E-state index contributed by atoms with van der Waals surface area (Å²) in [6.45, 7) is 4.36. The van der Waals surface area contributed by atoms with E-state index in [9.17, 15) is 4.79 Å². The van der Waals surface area contributed by atoms with Crippen molar-refractivity contribution in [2.75, 3.05) is 7.05 Å². The van der Waals surface area contributed by atoms with Gasteiger partial charge in [-0.1, -0.05) is 30.3 Å². The molecule has 2 nitrogen and oxygen atoms in total. The molecule has 0 spiro atoms. The molecule has 0 fully saturated rings. The number of halogens is 1. The molecule has 0 unspecified atom stereocenters. The van der Waals surface area contributed by atoms with Gasteiger partial charge in [0.25, 0.3) is 0 Å². The van der Waals surface area contributed by atoms with E-state index in [1.165, 1.54) is 5.56 Å². The minimum atomic E-state index is -0.628. The summed E-state index contributed by atoms with van der Waals surface area (Å²) in [4.78, 5) is 13.2. The molecule has 0 radical (unpaired) electrons. The molecule has 0 aliphatic carbocycles. The summed E-state index contributed by atoms with van der Waals surface area (Å²) in [6.07, 6.45) is 0. The third-order valence-corrected chi connectivity index (χ3v) is 3.16. The Bertz CT molecular complexity index is 335. The van der Waals surface area contributed by atoms with Gasteiger partial charge in [-0.2, -0.15) is 0 Å². The summed E-state index contributed by atoms with van der Waals surface area (Å²) < 4.78 is 0. The molecule has 0 heterocycles. The van der Waals surface area contributed by atoms with Crippen LogP contribution >= 0.6 is 11.6 Å². The first-order chi connectivity index (χ1) is 6.94. The first-order valence-electron chi connectivity index (χ1n) is 4.89. The van der Waals surface area contributed by atoms with Crippen molar-refractivity contribution in [2.24, 2.45) is 0 Å². The Hall–Kier alpha value is -0.860. The van der Waals surface area contributed by atoms with Gasteiger partial charge in [0.15, 0.2) is 0 Å². The predicted octanol–water partition coefficient (Wildman–Crippen LogP) is 2.66. The maximum absolute atomic E-state index is 11.2. The first kappa shape index (κ1) is 12.2. The van der Waals surface area contributed by atoms with Crippen LogP contribution in [0.15, 0.2) is 30.3 Å². The molecule has 0 N–H and O–H groups in total. The molecule has 0 atom stereocenters. The van der Waals surface area contributed by atoms with E-state index in [1.54, 1.807) is 0 Å². The van der Waals surface area contributed by atoms with Crippen LogP contribution in [0, 0.1) is 0 Å². The van der Waals surface area contributed by atoms with Crippen molar-refractivity contribution in [3.63, 3.8) is 0 Å². The zero-order valence-electron chi connectivity index (χ0n) is 9.33. The van der Waals surface area contributed by atoms with Crippen LogP contribution in [0.5, 0.6) is 0 Å². The van der Waals surface area contributed by atoms with E-state index in [-0.39, 0.29) is 5.24 Å². The molecule has 1 aromatic carbocycles. The van der Waals surface area contributed by atoms with Crippen LogP contribution in [0.25, 0.3) is 0 Å². The molecule has 82 valence electrons. The van der Waals surface area contributed by atoms with E-state index >= 15 is 0 Å². The molecule has 0 bridgehead atoms. The Morgan fingerprint density at radius 3 is 2.33 bits per heavy atom. The summed E-state index contributed by atoms with van der Waals surface area (Å²) >= 11 is 5.55. The zero-order valence-corrected chi connectivity index (χ0v) is 10.1. The van der Waals surface area contributed by atoms with Crippen molar-refractivity contribution in [1.29, 1.82) is 0 Å². The highest BCUT2D eigenvalue weighted by molar-refractivity contribution is 6.65. The first-order valence-corrected chi connectivity index (χ1v) is 5.27. The minimum Gasteiger partial charge on any atom is -0.289 e. The normalized spacial score (nSPS) is 11.8. The van der Waals surface area contributed by atoms with Gasteiger partial charge in [0.1, 0.15) is 0 Å². The van der Waals surface area contributed by atoms with E-state index in [0.717, 1.165) is 0 Å². The monoisotopic (exact) mass is 225 g/mol. The fourth-order valence-corrected chi connectivity index (χ4v) is 1.35. The Balaban J connectivity index is 2.72. The quantitative estimate of drug-likeness (QED) is 0.735. The van der Waals surface area contributed by atoms with Crippen LogP contribution in [0.3, 0.4) is 0 Å². The predicted molar refractivity (Wildman–Crippen MR) is 62.8 cm³/mol. The highest BCUT2D eigenvalue weighted by Crippen LogP contribution is 2.18. The third kappa shape index (κ3) is 3.05. The highest BCUT2D eigenvalue weighted by atomic mass is 35.5.